The lowest BCUT2D eigenvalue weighted by atomic mass is 10.1. The monoisotopic (exact) mass is 429 g/mol. The fraction of sp³-hybridized carbons (Fsp3) is 0.292. The number of aryl methyl sites for hydroxylation is 1. The van der Waals surface area contributed by atoms with Crippen molar-refractivity contribution in [3.8, 4) is 17.5 Å². The van der Waals surface area contributed by atoms with E-state index in [1.807, 2.05) is 48.5 Å². The van der Waals surface area contributed by atoms with E-state index in [2.05, 4.69) is 32.9 Å². The van der Waals surface area contributed by atoms with E-state index in [0.29, 0.717) is 36.6 Å². The first-order valence-electron chi connectivity index (χ1n) is 10.7. The zero-order valence-electron chi connectivity index (χ0n) is 18.1. The molecule has 0 spiro atoms. The van der Waals surface area contributed by atoms with Gasteiger partial charge in [-0.2, -0.15) is 10.4 Å². The first-order valence-corrected chi connectivity index (χ1v) is 10.7. The van der Waals surface area contributed by atoms with Crippen molar-refractivity contribution >= 4 is 11.8 Å². The number of para-hydroxylation sites is 2. The number of guanidine groups is 1. The molecular formula is C24H27N7O. The van der Waals surface area contributed by atoms with Crippen LogP contribution in [0.3, 0.4) is 0 Å². The topological polar surface area (TPSA) is 113 Å². The zero-order valence-corrected chi connectivity index (χ0v) is 18.1. The van der Waals surface area contributed by atoms with Crippen molar-refractivity contribution in [3.63, 3.8) is 0 Å². The van der Waals surface area contributed by atoms with Crippen molar-refractivity contribution < 1.29 is 4.74 Å². The van der Waals surface area contributed by atoms with Gasteiger partial charge < -0.3 is 21.1 Å². The van der Waals surface area contributed by atoms with Crippen LogP contribution in [0.1, 0.15) is 23.2 Å². The van der Waals surface area contributed by atoms with Crippen LogP contribution in [-0.4, -0.2) is 42.0 Å². The highest BCUT2D eigenvalue weighted by Crippen LogP contribution is 2.27. The van der Waals surface area contributed by atoms with Gasteiger partial charge in [0.05, 0.1) is 17.9 Å². The summed E-state index contributed by atoms with van der Waals surface area (Å²) in [5.41, 5.74) is 9.40. The second-order valence-corrected chi connectivity index (χ2v) is 7.60. The van der Waals surface area contributed by atoms with E-state index in [1.54, 1.807) is 11.7 Å². The molecule has 8 nitrogen and oxygen atoms in total. The lowest BCUT2D eigenvalue weighted by Crippen LogP contribution is -2.42. The van der Waals surface area contributed by atoms with Crippen LogP contribution in [-0.2, 0) is 12.8 Å². The smallest absolute Gasteiger partial charge is 0.191 e. The Kier molecular flexibility index (Phi) is 6.56. The van der Waals surface area contributed by atoms with Crippen LogP contribution < -0.4 is 21.1 Å². The summed E-state index contributed by atoms with van der Waals surface area (Å²) in [6, 6.07) is 19.9. The predicted molar refractivity (Wildman–Crippen MR) is 125 cm³/mol. The van der Waals surface area contributed by atoms with Gasteiger partial charge in [-0.25, -0.2) is 4.68 Å². The van der Waals surface area contributed by atoms with Gasteiger partial charge in [0, 0.05) is 20.0 Å². The molecular weight excluding hydrogens is 402 g/mol. The van der Waals surface area contributed by atoms with Crippen LogP contribution in [0, 0.1) is 11.3 Å². The second-order valence-electron chi connectivity index (χ2n) is 7.60. The molecule has 1 aliphatic rings. The van der Waals surface area contributed by atoms with E-state index < -0.39 is 0 Å². The number of anilines is 1. The second kappa shape index (κ2) is 9.88. The van der Waals surface area contributed by atoms with Crippen molar-refractivity contribution in [2.75, 3.05) is 25.9 Å². The number of aromatic nitrogens is 2. The van der Waals surface area contributed by atoms with Gasteiger partial charge in [0.25, 0.3) is 0 Å². The minimum absolute atomic E-state index is 0.0917. The zero-order chi connectivity index (χ0) is 22.3. The summed E-state index contributed by atoms with van der Waals surface area (Å²) in [6.45, 7) is 1.36. The molecule has 1 aliphatic heterocycles. The fourth-order valence-corrected chi connectivity index (χ4v) is 3.80. The van der Waals surface area contributed by atoms with E-state index in [1.165, 1.54) is 5.56 Å². The van der Waals surface area contributed by atoms with Crippen LogP contribution in [0.2, 0.25) is 0 Å². The summed E-state index contributed by atoms with van der Waals surface area (Å²) in [4.78, 5) is 4.28. The highest BCUT2D eigenvalue weighted by atomic mass is 16.5. The Morgan fingerprint density at radius 3 is 2.75 bits per heavy atom. The Labute approximate surface area is 187 Å². The number of nitrogens with two attached hydrogens (primary N) is 1. The number of rotatable bonds is 7. The van der Waals surface area contributed by atoms with Crippen LogP contribution >= 0.6 is 0 Å². The number of hydrogen-bond donors (Lipinski definition) is 3. The van der Waals surface area contributed by atoms with Crippen LogP contribution in [0.5, 0.6) is 5.75 Å². The van der Waals surface area contributed by atoms with Crippen molar-refractivity contribution in [2.24, 2.45) is 4.99 Å². The molecule has 1 unspecified atom stereocenters. The average molecular weight is 430 g/mol. The number of benzene rings is 2. The van der Waals surface area contributed by atoms with E-state index in [0.717, 1.165) is 30.2 Å². The largest absolute Gasteiger partial charge is 0.488 e. The standard InChI is InChI=1S/C24H27N7O/c1-27-24(29-16-19-14-17-8-5-6-12-22(17)32-19)28-13-7-11-21-20(15-25)23(26)31(30-21)18-9-3-2-4-10-18/h2-6,8-10,12,19H,7,11,13-14,16,26H2,1H3,(H2,27,28,29). The van der Waals surface area contributed by atoms with Crippen molar-refractivity contribution in [1.82, 2.24) is 20.4 Å². The van der Waals surface area contributed by atoms with Gasteiger partial charge in [0.15, 0.2) is 5.96 Å². The van der Waals surface area contributed by atoms with E-state index in [9.17, 15) is 5.26 Å². The minimum Gasteiger partial charge on any atom is -0.488 e. The molecule has 0 saturated heterocycles. The maximum Gasteiger partial charge on any atom is 0.191 e. The molecule has 32 heavy (non-hydrogen) atoms. The van der Waals surface area contributed by atoms with E-state index >= 15 is 0 Å². The molecule has 2 heterocycles. The van der Waals surface area contributed by atoms with Gasteiger partial charge >= 0.3 is 0 Å². The Bertz CT molecular complexity index is 1110. The molecule has 0 fully saturated rings. The maximum absolute atomic E-state index is 9.54. The summed E-state index contributed by atoms with van der Waals surface area (Å²) >= 11 is 0. The molecule has 0 radical (unpaired) electrons. The number of ether oxygens (including phenoxy) is 1. The molecule has 0 amide bonds. The van der Waals surface area contributed by atoms with Crippen LogP contribution in [0.4, 0.5) is 5.82 Å². The van der Waals surface area contributed by atoms with Crippen LogP contribution in [0.15, 0.2) is 59.6 Å². The summed E-state index contributed by atoms with van der Waals surface area (Å²) < 4.78 is 7.59. The molecule has 4 N–H and O–H groups in total. The Morgan fingerprint density at radius 1 is 1.22 bits per heavy atom. The normalized spacial score (nSPS) is 15.0. The molecule has 164 valence electrons. The Morgan fingerprint density at radius 2 is 2.00 bits per heavy atom. The Hall–Kier alpha value is -3.99. The number of nitriles is 1. The number of hydrogen-bond acceptors (Lipinski definition) is 5. The van der Waals surface area contributed by atoms with E-state index in [-0.39, 0.29) is 6.10 Å². The van der Waals surface area contributed by atoms with Gasteiger partial charge in [-0.05, 0) is 36.6 Å². The van der Waals surface area contributed by atoms with Gasteiger partial charge in [0.2, 0.25) is 0 Å². The summed E-state index contributed by atoms with van der Waals surface area (Å²) in [5, 5.41) is 20.8. The molecule has 0 aliphatic carbocycles. The number of nitrogen functional groups attached to an aromatic ring is 1. The molecule has 3 aromatic rings. The molecule has 4 rings (SSSR count). The maximum atomic E-state index is 9.54. The third-order valence-corrected chi connectivity index (χ3v) is 5.42. The molecule has 8 heteroatoms. The number of nitrogens with one attached hydrogen (secondary N) is 2. The highest BCUT2D eigenvalue weighted by Gasteiger charge is 2.22. The van der Waals surface area contributed by atoms with E-state index in [4.69, 9.17) is 10.5 Å². The number of nitrogens with zero attached hydrogens (tertiary/aromatic N) is 4. The van der Waals surface area contributed by atoms with Gasteiger partial charge in [-0.3, -0.25) is 4.99 Å². The van der Waals surface area contributed by atoms with Gasteiger partial charge in [-0.1, -0.05) is 36.4 Å². The number of fused-ring (bicyclic) bond motifs is 1. The quantitative estimate of drug-likeness (QED) is 0.302. The molecule has 0 bridgehead atoms. The lowest BCUT2D eigenvalue weighted by Gasteiger charge is -2.15. The highest BCUT2D eigenvalue weighted by molar-refractivity contribution is 5.79. The molecule has 0 saturated carbocycles. The fourth-order valence-electron chi connectivity index (χ4n) is 3.80. The van der Waals surface area contributed by atoms with Crippen molar-refractivity contribution in [1.29, 1.82) is 5.26 Å². The predicted octanol–water partition coefficient (Wildman–Crippen LogP) is 2.43. The first-order chi connectivity index (χ1) is 15.7. The third-order valence-electron chi connectivity index (χ3n) is 5.42. The Balaban J connectivity index is 1.26. The third kappa shape index (κ3) is 4.67. The molecule has 2 aromatic carbocycles. The van der Waals surface area contributed by atoms with Crippen LogP contribution in [0.25, 0.3) is 5.69 Å². The summed E-state index contributed by atoms with van der Waals surface area (Å²) in [5.74, 6) is 2.06. The first kappa shape index (κ1) is 21.2. The molecule has 1 atom stereocenters. The summed E-state index contributed by atoms with van der Waals surface area (Å²) in [6.07, 6.45) is 2.40. The van der Waals surface area contributed by atoms with Crippen molar-refractivity contribution in [3.05, 3.63) is 71.4 Å². The molecule has 1 aromatic heterocycles. The van der Waals surface area contributed by atoms with Crippen molar-refractivity contribution in [2.45, 2.75) is 25.4 Å². The lowest BCUT2D eigenvalue weighted by molar-refractivity contribution is 0.235. The number of aliphatic imine (C=N–C) groups is 1. The summed E-state index contributed by atoms with van der Waals surface area (Å²) in [7, 11) is 1.75. The SMILES string of the molecule is CN=C(NCCCc1nn(-c2ccccc2)c(N)c1C#N)NCC1Cc2ccccc2O1. The minimum atomic E-state index is 0.0917. The van der Waals surface area contributed by atoms with Gasteiger partial charge in [0.1, 0.15) is 29.3 Å². The van der Waals surface area contributed by atoms with Gasteiger partial charge in [-0.15, -0.1) is 0 Å². The average Bonchev–Trinajstić information content (AvgIpc) is 3.39.